The van der Waals surface area contributed by atoms with E-state index in [1.165, 1.54) is 18.3 Å². The lowest BCUT2D eigenvalue weighted by Crippen LogP contribution is -2.12. The minimum Gasteiger partial charge on any atom is -0.373 e. The summed E-state index contributed by atoms with van der Waals surface area (Å²) in [5.74, 6) is -0.150. The summed E-state index contributed by atoms with van der Waals surface area (Å²) in [7, 11) is 1.74. The van der Waals surface area contributed by atoms with Crippen LogP contribution in [0.25, 0.3) is 0 Å². The van der Waals surface area contributed by atoms with E-state index in [2.05, 4.69) is 15.6 Å². The minimum absolute atomic E-state index is 0.146. The first-order valence-corrected chi connectivity index (χ1v) is 5.88. The first-order valence-electron chi connectivity index (χ1n) is 5.50. The largest absolute Gasteiger partial charge is 0.373 e. The summed E-state index contributed by atoms with van der Waals surface area (Å²) in [5.41, 5.74) is 0.741. The molecule has 19 heavy (non-hydrogen) atoms. The molecule has 1 aromatic heterocycles. The SMILES string of the molecule is CNc1ccc(C(=O)Nc2ccc(F)cc2Cl)cn1. The number of rotatable bonds is 3. The molecule has 2 aromatic rings. The average Bonchev–Trinajstić information content (AvgIpc) is 2.42. The molecule has 0 aliphatic rings. The van der Waals surface area contributed by atoms with Crippen LogP contribution < -0.4 is 10.6 Å². The molecule has 1 amide bonds. The molecule has 0 unspecified atom stereocenters. The number of hydrogen-bond donors (Lipinski definition) is 2. The number of carbonyl (C=O) groups is 1. The molecule has 0 saturated carbocycles. The second-order valence-corrected chi connectivity index (χ2v) is 4.17. The molecule has 98 valence electrons. The van der Waals surface area contributed by atoms with Crippen LogP contribution in [0.15, 0.2) is 36.5 Å². The van der Waals surface area contributed by atoms with Gasteiger partial charge in [0.25, 0.3) is 5.91 Å². The van der Waals surface area contributed by atoms with Gasteiger partial charge in [-0.05, 0) is 30.3 Å². The van der Waals surface area contributed by atoms with E-state index in [0.29, 0.717) is 17.1 Å². The number of halogens is 2. The van der Waals surface area contributed by atoms with Crippen LogP contribution in [-0.2, 0) is 0 Å². The molecule has 1 heterocycles. The third kappa shape index (κ3) is 3.20. The van der Waals surface area contributed by atoms with Gasteiger partial charge in [0, 0.05) is 13.2 Å². The maximum Gasteiger partial charge on any atom is 0.257 e. The Morgan fingerprint density at radius 1 is 1.32 bits per heavy atom. The fourth-order valence-corrected chi connectivity index (χ4v) is 1.68. The fraction of sp³-hybridized carbons (Fsp3) is 0.0769. The van der Waals surface area contributed by atoms with Crippen LogP contribution in [0.3, 0.4) is 0 Å². The Kier molecular flexibility index (Phi) is 3.97. The molecule has 0 aliphatic carbocycles. The van der Waals surface area contributed by atoms with Crippen molar-refractivity contribution in [1.29, 1.82) is 0 Å². The van der Waals surface area contributed by atoms with Gasteiger partial charge in [0.1, 0.15) is 11.6 Å². The Morgan fingerprint density at radius 2 is 2.11 bits per heavy atom. The van der Waals surface area contributed by atoms with Crippen LogP contribution in [0.2, 0.25) is 5.02 Å². The summed E-state index contributed by atoms with van der Waals surface area (Å²) in [6, 6.07) is 7.08. The van der Waals surface area contributed by atoms with Crippen molar-refractivity contribution < 1.29 is 9.18 Å². The molecule has 2 N–H and O–H groups in total. The van der Waals surface area contributed by atoms with Crippen molar-refractivity contribution in [3.63, 3.8) is 0 Å². The summed E-state index contributed by atoms with van der Waals surface area (Å²) >= 11 is 5.83. The van der Waals surface area contributed by atoms with Gasteiger partial charge in [-0.2, -0.15) is 0 Å². The van der Waals surface area contributed by atoms with Crippen LogP contribution in [0.1, 0.15) is 10.4 Å². The number of pyridine rings is 1. The maximum absolute atomic E-state index is 12.9. The molecule has 1 aromatic carbocycles. The van der Waals surface area contributed by atoms with E-state index in [1.54, 1.807) is 19.2 Å². The van der Waals surface area contributed by atoms with E-state index >= 15 is 0 Å². The van der Waals surface area contributed by atoms with Gasteiger partial charge in [-0.3, -0.25) is 4.79 Å². The summed E-state index contributed by atoms with van der Waals surface area (Å²) in [5, 5.41) is 5.59. The van der Waals surface area contributed by atoms with E-state index in [0.717, 1.165) is 6.07 Å². The van der Waals surface area contributed by atoms with E-state index in [-0.39, 0.29) is 10.9 Å². The highest BCUT2D eigenvalue weighted by Crippen LogP contribution is 2.23. The van der Waals surface area contributed by atoms with Crippen molar-refractivity contribution in [2.45, 2.75) is 0 Å². The quantitative estimate of drug-likeness (QED) is 0.907. The third-order valence-electron chi connectivity index (χ3n) is 2.46. The lowest BCUT2D eigenvalue weighted by Gasteiger charge is -2.07. The molecule has 0 spiro atoms. The van der Waals surface area contributed by atoms with E-state index in [4.69, 9.17) is 11.6 Å². The van der Waals surface area contributed by atoms with Crippen LogP contribution >= 0.6 is 11.6 Å². The molecule has 4 nitrogen and oxygen atoms in total. The molecule has 0 fully saturated rings. The van der Waals surface area contributed by atoms with Crippen LogP contribution in [0.5, 0.6) is 0 Å². The van der Waals surface area contributed by atoms with E-state index < -0.39 is 5.82 Å². The van der Waals surface area contributed by atoms with Crippen LogP contribution in [-0.4, -0.2) is 17.9 Å². The second-order valence-electron chi connectivity index (χ2n) is 3.76. The average molecular weight is 280 g/mol. The van der Waals surface area contributed by atoms with Crippen molar-refractivity contribution in [3.8, 4) is 0 Å². The highest BCUT2D eigenvalue weighted by atomic mass is 35.5. The van der Waals surface area contributed by atoms with Crippen LogP contribution in [0, 0.1) is 5.82 Å². The summed E-state index contributed by atoms with van der Waals surface area (Å²) < 4.78 is 12.9. The normalized spacial score (nSPS) is 10.1. The molecule has 2 rings (SSSR count). The molecule has 0 bridgehead atoms. The third-order valence-corrected chi connectivity index (χ3v) is 2.77. The standard InChI is InChI=1S/C13H11ClFN3O/c1-16-12-5-2-8(7-17-12)13(19)18-11-4-3-9(15)6-10(11)14/h2-7H,1H3,(H,16,17)(H,18,19). The topological polar surface area (TPSA) is 54.0 Å². The number of amides is 1. The maximum atomic E-state index is 12.9. The number of carbonyl (C=O) groups excluding carboxylic acids is 1. The number of nitrogens with zero attached hydrogens (tertiary/aromatic N) is 1. The monoisotopic (exact) mass is 279 g/mol. The number of hydrogen-bond acceptors (Lipinski definition) is 3. The Labute approximate surface area is 114 Å². The van der Waals surface area contributed by atoms with E-state index in [1.807, 2.05) is 0 Å². The fourth-order valence-electron chi connectivity index (χ4n) is 1.46. The molecule has 6 heteroatoms. The zero-order valence-corrected chi connectivity index (χ0v) is 10.8. The Bertz CT molecular complexity index is 601. The number of benzene rings is 1. The van der Waals surface area contributed by atoms with Crippen LogP contribution in [0.4, 0.5) is 15.9 Å². The van der Waals surface area contributed by atoms with Gasteiger partial charge in [-0.15, -0.1) is 0 Å². The molecule has 0 aliphatic heterocycles. The van der Waals surface area contributed by atoms with Crippen molar-refractivity contribution in [1.82, 2.24) is 4.98 Å². The van der Waals surface area contributed by atoms with Crippen molar-refractivity contribution in [2.75, 3.05) is 17.7 Å². The zero-order valence-electron chi connectivity index (χ0n) is 10.1. The molecule has 0 saturated heterocycles. The second kappa shape index (κ2) is 5.67. The highest BCUT2D eigenvalue weighted by molar-refractivity contribution is 6.33. The van der Waals surface area contributed by atoms with Gasteiger partial charge in [0.2, 0.25) is 0 Å². The lowest BCUT2D eigenvalue weighted by atomic mass is 10.2. The number of anilines is 2. The summed E-state index contributed by atoms with van der Waals surface area (Å²) in [6.07, 6.45) is 1.44. The predicted octanol–water partition coefficient (Wildman–Crippen LogP) is 3.17. The van der Waals surface area contributed by atoms with Gasteiger partial charge in [0.15, 0.2) is 0 Å². The first kappa shape index (κ1) is 13.3. The van der Waals surface area contributed by atoms with Crippen molar-refractivity contribution in [2.24, 2.45) is 0 Å². The highest BCUT2D eigenvalue weighted by Gasteiger charge is 2.09. The number of aromatic nitrogens is 1. The summed E-state index contributed by atoms with van der Waals surface area (Å²) in [6.45, 7) is 0. The Hall–Kier alpha value is -2.14. The van der Waals surface area contributed by atoms with Crippen molar-refractivity contribution in [3.05, 3.63) is 52.9 Å². The van der Waals surface area contributed by atoms with Gasteiger partial charge in [0.05, 0.1) is 16.3 Å². The number of nitrogens with one attached hydrogen (secondary N) is 2. The van der Waals surface area contributed by atoms with Gasteiger partial charge in [-0.1, -0.05) is 11.6 Å². The van der Waals surface area contributed by atoms with Gasteiger partial charge >= 0.3 is 0 Å². The Morgan fingerprint density at radius 3 is 2.68 bits per heavy atom. The van der Waals surface area contributed by atoms with Gasteiger partial charge < -0.3 is 10.6 Å². The molecular formula is C13H11ClFN3O. The zero-order chi connectivity index (χ0) is 13.8. The lowest BCUT2D eigenvalue weighted by molar-refractivity contribution is 0.102. The summed E-state index contributed by atoms with van der Waals surface area (Å²) in [4.78, 5) is 16.0. The first-order chi connectivity index (χ1) is 9.10. The van der Waals surface area contributed by atoms with E-state index in [9.17, 15) is 9.18 Å². The smallest absolute Gasteiger partial charge is 0.257 e. The minimum atomic E-state index is -0.456. The molecule has 0 atom stereocenters. The molecule has 0 radical (unpaired) electrons. The Balaban J connectivity index is 2.15. The predicted molar refractivity (Wildman–Crippen MR) is 73.1 cm³/mol. The molecular weight excluding hydrogens is 269 g/mol. The van der Waals surface area contributed by atoms with Crippen molar-refractivity contribution >= 4 is 29.0 Å². The van der Waals surface area contributed by atoms with Gasteiger partial charge in [-0.25, -0.2) is 9.37 Å².